The summed E-state index contributed by atoms with van der Waals surface area (Å²) in [6.45, 7) is 0. The molecule has 2 aromatic rings. The maximum absolute atomic E-state index is 12.5. The summed E-state index contributed by atoms with van der Waals surface area (Å²) in [6.07, 6.45) is 6.81. The highest BCUT2D eigenvalue weighted by Crippen LogP contribution is 2.27. The van der Waals surface area contributed by atoms with Gasteiger partial charge >= 0.3 is 6.01 Å². The van der Waals surface area contributed by atoms with Crippen molar-refractivity contribution in [1.29, 1.82) is 0 Å². The minimum absolute atomic E-state index is 0.0823. The molecule has 0 unspecified atom stereocenters. The largest absolute Gasteiger partial charge is 0.407 e. The number of rotatable bonds is 6. The second-order valence-electron chi connectivity index (χ2n) is 6.71. The number of hydrogen-bond acceptors (Lipinski definition) is 6. The Hall–Kier alpha value is -2.09. The first-order valence-corrected chi connectivity index (χ1v) is 10.0. The zero-order chi connectivity index (χ0) is 17.9. The molecule has 7 nitrogen and oxygen atoms in total. The summed E-state index contributed by atoms with van der Waals surface area (Å²) in [7, 11) is -0.0503. The van der Waals surface area contributed by atoms with Crippen LogP contribution in [0, 0.1) is 5.92 Å². The molecule has 1 aliphatic rings. The van der Waals surface area contributed by atoms with Crippen LogP contribution in [0.5, 0.6) is 0 Å². The molecule has 0 bridgehead atoms. The van der Waals surface area contributed by atoms with Gasteiger partial charge in [-0.05, 0) is 37.0 Å². The molecule has 0 spiro atoms. The summed E-state index contributed by atoms with van der Waals surface area (Å²) < 4.78 is 32.9. The monoisotopic (exact) mass is 364 g/mol. The van der Waals surface area contributed by atoms with Crippen LogP contribution in [-0.2, 0) is 16.4 Å². The third-order valence-corrected chi connectivity index (χ3v) is 5.84. The lowest BCUT2D eigenvalue weighted by Gasteiger charge is -2.19. The van der Waals surface area contributed by atoms with Gasteiger partial charge in [0, 0.05) is 26.2 Å². The van der Waals surface area contributed by atoms with Crippen molar-refractivity contribution in [2.24, 2.45) is 5.92 Å². The van der Waals surface area contributed by atoms with Gasteiger partial charge in [0.2, 0.25) is 5.89 Å². The molecule has 0 atom stereocenters. The first kappa shape index (κ1) is 17.7. The summed E-state index contributed by atoms with van der Waals surface area (Å²) in [5, 5.41) is 7.81. The number of nitrogens with one attached hydrogen (secondary N) is 1. The maximum atomic E-state index is 12.5. The number of benzene rings is 1. The van der Waals surface area contributed by atoms with Crippen molar-refractivity contribution in [2.75, 3.05) is 23.7 Å². The van der Waals surface area contributed by atoms with E-state index < -0.39 is 10.0 Å². The lowest BCUT2D eigenvalue weighted by Crippen LogP contribution is -2.15. The molecule has 1 heterocycles. The fourth-order valence-corrected chi connectivity index (χ4v) is 4.08. The Kier molecular flexibility index (Phi) is 5.27. The summed E-state index contributed by atoms with van der Waals surface area (Å²) in [5.41, 5.74) is 0.798. The number of sulfonamides is 1. The third kappa shape index (κ3) is 4.50. The average Bonchev–Trinajstić information content (AvgIpc) is 3.02. The maximum Gasteiger partial charge on any atom is 0.329 e. The highest BCUT2D eigenvalue weighted by molar-refractivity contribution is 7.92. The van der Waals surface area contributed by atoms with E-state index in [1.807, 2.05) is 25.1 Å². The van der Waals surface area contributed by atoms with E-state index in [0.29, 0.717) is 18.2 Å². The number of aromatic nitrogens is 2. The van der Waals surface area contributed by atoms with Crippen molar-refractivity contribution >= 4 is 21.7 Å². The van der Waals surface area contributed by atoms with Crippen molar-refractivity contribution < 1.29 is 12.8 Å². The van der Waals surface area contributed by atoms with Crippen LogP contribution >= 0.6 is 0 Å². The smallest absolute Gasteiger partial charge is 0.329 e. The van der Waals surface area contributed by atoms with Gasteiger partial charge in [0.25, 0.3) is 10.0 Å². The molecule has 1 aliphatic carbocycles. The van der Waals surface area contributed by atoms with E-state index in [0.717, 1.165) is 5.69 Å². The predicted molar refractivity (Wildman–Crippen MR) is 96.2 cm³/mol. The molecule has 136 valence electrons. The van der Waals surface area contributed by atoms with Crippen molar-refractivity contribution in [2.45, 2.75) is 43.4 Å². The van der Waals surface area contributed by atoms with Crippen LogP contribution in [0.3, 0.4) is 0 Å². The van der Waals surface area contributed by atoms with Crippen molar-refractivity contribution in [1.82, 2.24) is 10.2 Å². The quantitative estimate of drug-likeness (QED) is 0.847. The van der Waals surface area contributed by atoms with Gasteiger partial charge in [0.05, 0.1) is 4.90 Å². The first-order chi connectivity index (χ1) is 11.9. The minimum Gasteiger partial charge on any atom is -0.407 e. The van der Waals surface area contributed by atoms with E-state index in [1.54, 1.807) is 12.1 Å². The van der Waals surface area contributed by atoms with E-state index >= 15 is 0 Å². The van der Waals surface area contributed by atoms with Gasteiger partial charge in [-0.1, -0.05) is 30.4 Å². The normalized spacial score (nSPS) is 15.9. The number of anilines is 2. The van der Waals surface area contributed by atoms with E-state index in [9.17, 15) is 8.42 Å². The van der Waals surface area contributed by atoms with Gasteiger partial charge in [-0.25, -0.2) is 13.1 Å². The van der Waals surface area contributed by atoms with Gasteiger partial charge in [-0.15, -0.1) is 5.10 Å². The molecule has 0 amide bonds. The lowest BCUT2D eigenvalue weighted by atomic mass is 9.87. The molecule has 0 radical (unpaired) electrons. The van der Waals surface area contributed by atoms with Crippen LogP contribution < -0.4 is 9.62 Å². The first-order valence-electron chi connectivity index (χ1n) is 8.56. The van der Waals surface area contributed by atoms with Crippen molar-refractivity contribution in [3.05, 3.63) is 30.2 Å². The zero-order valence-corrected chi connectivity index (χ0v) is 15.4. The fraction of sp³-hybridized carbons (Fsp3) is 0.529. The van der Waals surface area contributed by atoms with Crippen LogP contribution in [-0.4, -0.2) is 32.7 Å². The Morgan fingerprint density at radius 1 is 1.20 bits per heavy atom. The highest BCUT2D eigenvalue weighted by atomic mass is 32.2. The van der Waals surface area contributed by atoms with E-state index in [1.165, 1.54) is 38.2 Å². The lowest BCUT2D eigenvalue weighted by molar-refractivity contribution is 0.331. The minimum atomic E-state index is -3.76. The molecule has 3 rings (SSSR count). The summed E-state index contributed by atoms with van der Waals surface area (Å²) in [6, 6.07) is 6.59. The van der Waals surface area contributed by atoms with E-state index in [-0.39, 0.29) is 10.9 Å². The Bertz CT molecular complexity index is 811. The molecule has 0 aliphatic heterocycles. The van der Waals surface area contributed by atoms with Crippen LogP contribution in [0.15, 0.2) is 33.6 Å². The molecule has 1 fully saturated rings. The summed E-state index contributed by atoms with van der Waals surface area (Å²) >= 11 is 0. The zero-order valence-electron chi connectivity index (χ0n) is 14.6. The number of nitrogens with zero attached hydrogens (tertiary/aromatic N) is 3. The van der Waals surface area contributed by atoms with Gasteiger partial charge in [-0.2, -0.15) is 0 Å². The molecule has 1 aromatic carbocycles. The fourth-order valence-electron chi connectivity index (χ4n) is 3.12. The van der Waals surface area contributed by atoms with Gasteiger partial charge in [0.15, 0.2) is 0 Å². The Balaban J connectivity index is 1.70. The topological polar surface area (TPSA) is 88.3 Å². The van der Waals surface area contributed by atoms with Gasteiger partial charge in [0.1, 0.15) is 0 Å². The van der Waals surface area contributed by atoms with Crippen LogP contribution in [0.25, 0.3) is 0 Å². The van der Waals surface area contributed by atoms with E-state index in [4.69, 9.17) is 4.42 Å². The Morgan fingerprint density at radius 3 is 2.68 bits per heavy atom. The van der Waals surface area contributed by atoms with Gasteiger partial charge in [-0.3, -0.25) is 0 Å². The van der Waals surface area contributed by atoms with Crippen LogP contribution in [0.2, 0.25) is 0 Å². The van der Waals surface area contributed by atoms with Crippen LogP contribution in [0.4, 0.5) is 11.7 Å². The van der Waals surface area contributed by atoms with Crippen LogP contribution in [0.1, 0.15) is 38.0 Å². The summed E-state index contributed by atoms with van der Waals surface area (Å²) in [5.74, 6) is 1.04. The molecule has 25 heavy (non-hydrogen) atoms. The summed E-state index contributed by atoms with van der Waals surface area (Å²) in [4.78, 5) is 2.00. The predicted octanol–water partition coefficient (Wildman–Crippen LogP) is 3.06. The molecule has 1 aromatic heterocycles. The highest BCUT2D eigenvalue weighted by Gasteiger charge is 2.21. The molecular weight excluding hydrogens is 340 g/mol. The molecular formula is C17H24N4O3S. The van der Waals surface area contributed by atoms with Crippen molar-refractivity contribution in [3.63, 3.8) is 0 Å². The third-order valence-electron chi connectivity index (χ3n) is 4.52. The Labute approximate surface area is 148 Å². The van der Waals surface area contributed by atoms with E-state index in [2.05, 4.69) is 14.9 Å². The standard InChI is InChI=1S/C17H24N4O3S/c1-21(2)14-9-6-10-15(12-14)25(22,23)20-17-19-18-16(24-17)11-13-7-4-3-5-8-13/h6,9-10,12-13H,3-5,7-8,11H2,1-2H3,(H,19,20). The number of hydrogen-bond donors (Lipinski definition) is 1. The Morgan fingerprint density at radius 2 is 1.96 bits per heavy atom. The molecule has 1 N–H and O–H groups in total. The van der Waals surface area contributed by atoms with Gasteiger partial charge < -0.3 is 9.32 Å². The average molecular weight is 364 g/mol. The second-order valence-corrected chi connectivity index (χ2v) is 8.39. The molecule has 1 saturated carbocycles. The van der Waals surface area contributed by atoms with Crippen molar-refractivity contribution in [3.8, 4) is 0 Å². The SMILES string of the molecule is CN(C)c1cccc(S(=O)(=O)Nc2nnc(CC3CCCCC3)o2)c1. The molecule has 0 saturated heterocycles. The second kappa shape index (κ2) is 7.43. The molecule has 8 heteroatoms.